The Bertz CT molecular complexity index is 110. The maximum absolute atomic E-state index is 11.4. The van der Waals surface area contributed by atoms with Gasteiger partial charge in [0.25, 0.3) is 0 Å². The topological polar surface area (TPSA) is 0 Å². The first-order valence-corrected chi connectivity index (χ1v) is 9.34. The van der Waals surface area contributed by atoms with Gasteiger partial charge in [-0.1, -0.05) is 0 Å². The van der Waals surface area contributed by atoms with Crippen LogP contribution in [0.25, 0.3) is 0 Å². The summed E-state index contributed by atoms with van der Waals surface area (Å²) in [5.74, 6) is 0. The van der Waals surface area contributed by atoms with E-state index in [-0.39, 0.29) is 0 Å². The Hall–Kier alpha value is 0.619. The molecule has 0 amide bonds. The number of halogens is 6. The fraction of sp³-hybridized carbons (Fsp3) is 1.00. The molecule has 0 aromatic heterocycles. The van der Waals surface area contributed by atoms with Crippen LogP contribution in [0, 0.1) is 0 Å². The van der Waals surface area contributed by atoms with Crippen LogP contribution in [0.2, 0.25) is 10.6 Å². The molecular formula is C4H4F6Se2. The molecular weight excluding hydrogens is 320 g/mol. The van der Waals surface area contributed by atoms with Crippen molar-refractivity contribution in [2.45, 2.75) is 23.0 Å². The van der Waals surface area contributed by atoms with Gasteiger partial charge in [0, 0.05) is 0 Å². The van der Waals surface area contributed by atoms with Gasteiger partial charge >= 0.3 is 75.6 Å². The van der Waals surface area contributed by atoms with Crippen molar-refractivity contribution in [2.75, 3.05) is 0 Å². The first-order valence-electron chi connectivity index (χ1n) is 2.59. The van der Waals surface area contributed by atoms with Crippen molar-refractivity contribution < 1.29 is 26.3 Å². The summed E-state index contributed by atoms with van der Waals surface area (Å²) in [6, 6.07) is 0. The van der Waals surface area contributed by atoms with Crippen LogP contribution >= 0.6 is 0 Å². The van der Waals surface area contributed by atoms with E-state index in [1.165, 1.54) is 0 Å². The van der Waals surface area contributed by atoms with Gasteiger partial charge in [-0.3, -0.25) is 0 Å². The molecule has 0 heterocycles. The number of hydrogen-bond acceptors (Lipinski definition) is 0. The van der Waals surface area contributed by atoms with Crippen LogP contribution in [0.3, 0.4) is 0 Å². The molecule has 0 spiro atoms. The van der Waals surface area contributed by atoms with Crippen molar-refractivity contribution in [2.24, 2.45) is 0 Å². The molecule has 12 heavy (non-hydrogen) atoms. The SMILES string of the molecule is FC(F)(F)C[Se][Se]CC(F)(F)F. The molecule has 0 atom stereocenters. The van der Waals surface area contributed by atoms with E-state index in [1.807, 2.05) is 0 Å². The minimum atomic E-state index is -4.30. The normalized spacial score (nSPS) is 13.5. The average Bonchev–Trinajstić information content (AvgIpc) is 1.76. The Morgan fingerprint density at radius 3 is 1.08 bits per heavy atom. The fourth-order valence-corrected chi connectivity index (χ4v) is 5.86. The Morgan fingerprint density at radius 1 is 0.667 bits per heavy atom. The zero-order valence-corrected chi connectivity index (χ0v) is 8.92. The molecule has 0 unspecified atom stereocenters. The molecule has 0 saturated carbocycles. The Kier molecular flexibility index (Phi) is 4.99. The summed E-state index contributed by atoms with van der Waals surface area (Å²) in [5.41, 5.74) is 0. The molecule has 0 aliphatic heterocycles. The summed E-state index contributed by atoms with van der Waals surface area (Å²) in [6.45, 7) is 0. The number of hydrogen-bond donors (Lipinski definition) is 0. The predicted octanol–water partition coefficient (Wildman–Crippen LogP) is 2.27. The summed E-state index contributed by atoms with van der Waals surface area (Å²) < 4.78 is 68.5. The van der Waals surface area contributed by atoms with Crippen LogP contribution in [0.1, 0.15) is 0 Å². The molecule has 0 N–H and O–H groups in total. The summed E-state index contributed by atoms with van der Waals surface area (Å²) in [4.78, 5) is 0. The zero-order chi connectivity index (χ0) is 9.83. The molecule has 0 aromatic carbocycles. The third-order valence-electron chi connectivity index (χ3n) is 0.529. The molecule has 0 aliphatic rings. The van der Waals surface area contributed by atoms with Crippen LogP contribution in [0.4, 0.5) is 26.3 Å². The molecule has 0 nitrogen and oxygen atoms in total. The second-order valence-corrected chi connectivity index (χ2v) is 9.09. The van der Waals surface area contributed by atoms with Crippen LogP contribution in [0.5, 0.6) is 0 Å². The molecule has 74 valence electrons. The van der Waals surface area contributed by atoms with Gasteiger partial charge in [-0.25, -0.2) is 0 Å². The van der Waals surface area contributed by atoms with Crippen molar-refractivity contribution in [3.63, 3.8) is 0 Å². The van der Waals surface area contributed by atoms with Crippen molar-refractivity contribution in [3.05, 3.63) is 0 Å². The summed E-state index contributed by atoms with van der Waals surface area (Å²) in [5, 5.41) is -2.09. The molecule has 0 bridgehead atoms. The third-order valence-corrected chi connectivity index (χ3v) is 7.13. The Labute approximate surface area is 75.9 Å². The minimum absolute atomic E-state index is 0.916. The van der Waals surface area contributed by atoms with E-state index in [9.17, 15) is 26.3 Å². The quantitative estimate of drug-likeness (QED) is 0.424. The molecule has 0 saturated heterocycles. The van der Waals surface area contributed by atoms with Crippen molar-refractivity contribution in [1.82, 2.24) is 0 Å². The van der Waals surface area contributed by atoms with E-state index in [2.05, 4.69) is 0 Å². The number of rotatable bonds is 3. The van der Waals surface area contributed by atoms with E-state index < -0.39 is 49.3 Å². The average molecular weight is 324 g/mol. The van der Waals surface area contributed by atoms with Crippen LogP contribution in [0.15, 0.2) is 0 Å². The van der Waals surface area contributed by atoms with Gasteiger partial charge in [0.1, 0.15) is 0 Å². The predicted molar refractivity (Wildman–Crippen MR) is 33.2 cm³/mol. The molecule has 0 rings (SSSR count). The van der Waals surface area contributed by atoms with Gasteiger partial charge in [-0.15, -0.1) is 0 Å². The molecule has 0 radical (unpaired) electrons. The second-order valence-electron chi connectivity index (χ2n) is 1.75. The molecule has 0 aromatic rings. The van der Waals surface area contributed by atoms with Gasteiger partial charge in [-0.05, 0) is 0 Å². The van der Waals surface area contributed by atoms with Crippen molar-refractivity contribution in [3.8, 4) is 0 Å². The van der Waals surface area contributed by atoms with E-state index >= 15 is 0 Å². The molecule has 8 heteroatoms. The van der Waals surface area contributed by atoms with E-state index in [4.69, 9.17) is 0 Å². The first kappa shape index (κ1) is 12.6. The maximum atomic E-state index is 11.4. The van der Waals surface area contributed by atoms with Gasteiger partial charge in [0.15, 0.2) is 0 Å². The zero-order valence-electron chi connectivity index (χ0n) is 5.50. The van der Waals surface area contributed by atoms with E-state index in [0.717, 1.165) is 0 Å². The van der Waals surface area contributed by atoms with Gasteiger partial charge in [-0.2, -0.15) is 0 Å². The van der Waals surface area contributed by atoms with Gasteiger partial charge in [0.2, 0.25) is 0 Å². The second kappa shape index (κ2) is 4.74. The van der Waals surface area contributed by atoms with E-state index in [0.29, 0.717) is 0 Å². The van der Waals surface area contributed by atoms with Crippen molar-refractivity contribution in [1.29, 1.82) is 0 Å². The standard InChI is InChI=1S/C4H4F6Se2/c5-3(6,7)1-11-12-2-4(8,9)10/h1-2H2. The van der Waals surface area contributed by atoms with Crippen molar-refractivity contribution >= 4 is 26.3 Å². The Balaban J connectivity index is 3.35. The van der Waals surface area contributed by atoms with Crippen LogP contribution < -0.4 is 0 Å². The monoisotopic (exact) mass is 326 g/mol. The third kappa shape index (κ3) is 10.6. The number of alkyl halides is 6. The van der Waals surface area contributed by atoms with E-state index in [1.54, 1.807) is 0 Å². The van der Waals surface area contributed by atoms with Gasteiger partial charge < -0.3 is 0 Å². The summed E-state index contributed by atoms with van der Waals surface area (Å²) in [7, 11) is 0. The van der Waals surface area contributed by atoms with Gasteiger partial charge in [0.05, 0.1) is 0 Å². The summed E-state index contributed by atoms with van der Waals surface area (Å²) in [6.07, 6.45) is -8.60. The Morgan fingerprint density at radius 2 is 0.917 bits per heavy atom. The molecule has 0 aliphatic carbocycles. The molecule has 0 fully saturated rings. The van der Waals surface area contributed by atoms with Crippen LogP contribution in [-0.2, 0) is 0 Å². The van der Waals surface area contributed by atoms with Crippen LogP contribution in [-0.4, -0.2) is 38.6 Å². The fourth-order valence-electron chi connectivity index (χ4n) is 0.217. The summed E-state index contributed by atoms with van der Waals surface area (Å²) >= 11 is -1.83. The first-order chi connectivity index (χ1) is 5.21.